The lowest BCUT2D eigenvalue weighted by molar-refractivity contribution is 0.0957. The van der Waals surface area contributed by atoms with E-state index in [1.807, 2.05) is 19.2 Å². The van der Waals surface area contributed by atoms with E-state index in [9.17, 15) is 4.79 Å². The number of hydrogen-bond acceptors (Lipinski definition) is 4. The van der Waals surface area contributed by atoms with Gasteiger partial charge in [-0.2, -0.15) is 5.10 Å². The van der Waals surface area contributed by atoms with Crippen molar-refractivity contribution < 1.29 is 4.79 Å². The van der Waals surface area contributed by atoms with Gasteiger partial charge in [-0.05, 0) is 31.7 Å². The van der Waals surface area contributed by atoms with E-state index < -0.39 is 0 Å². The van der Waals surface area contributed by atoms with Crippen LogP contribution < -0.4 is 10.6 Å². The van der Waals surface area contributed by atoms with E-state index in [0.717, 1.165) is 5.56 Å². The first-order valence-corrected chi connectivity index (χ1v) is 6.07. The second kappa shape index (κ2) is 5.62. The maximum atomic E-state index is 11.4. The van der Waals surface area contributed by atoms with Crippen LogP contribution in [0.25, 0.3) is 5.82 Å². The number of amides is 1. The van der Waals surface area contributed by atoms with Gasteiger partial charge in [-0.3, -0.25) is 4.79 Å². The summed E-state index contributed by atoms with van der Waals surface area (Å²) in [5, 5.41) is 9.86. The second-order valence-electron chi connectivity index (χ2n) is 4.18. The van der Waals surface area contributed by atoms with Crippen LogP contribution in [0.2, 0.25) is 0 Å². The molecule has 6 heteroatoms. The van der Waals surface area contributed by atoms with Crippen LogP contribution in [0.15, 0.2) is 30.6 Å². The van der Waals surface area contributed by atoms with Crippen LogP contribution in [-0.2, 0) is 0 Å². The Kier molecular flexibility index (Phi) is 3.91. The molecule has 0 aliphatic carbocycles. The highest BCUT2D eigenvalue weighted by Gasteiger charge is 2.09. The topological polar surface area (TPSA) is 71.8 Å². The SMILES string of the molecule is CNC(=O)c1ccn(-c2ccc(C(C)NC)cn2)n1. The molecule has 1 unspecified atom stereocenters. The van der Waals surface area contributed by atoms with Crippen molar-refractivity contribution in [1.82, 2.24) is 25.4 Å². The summed E-state index contributed by atoms with van der Waals surface area (Å²) in [5.74, 6) is 0.474. The minimum absolute atomic E-state index is 0.209. The first-order chi connectivity index (χ1) is 9.15. The first kappa shape index (κ1) is 13.2. The summed E-state index contributed by atoms with van der Waals surface area (Å²) in [5.41, 5.74) is 1.47. The highest BCUT2D eigenvalue weighted by molar-refractivity contribution is 5.91. The van der Waals surface area contributed by atoms with E-state index in [0.29, 0.717) is 11.5 Å². The number of hydrogen-bond donors (Lipinski definition) is 2. The van der Waals surface area contributed by atoms with Crippen molar-refractivity contribution in [3.05, 3.63) is 41.9 Å². The van der Waals surface area contributed by atoms with Crippen molar-refractivity contribution >= 4 is 5.91 Å². The molecule has 2 aromatic rings. The Labute approximate surface area is 111 Å². The predicted octanol–water partition coefficient (Wildman–Crippen LogP) is 0.907. The quantitative estimate of drug-likeness (QED) is 0.856. The van der Waals surface area contributed by atoms with Gasteiger partial charge in [0.2, 0.25) is 0 Å². The normalized spacial score (nSPS) is 12.2. The number of nitrogens with zero attached hydrogens (tertiary/aromatic N) is 3. The summed E-state index contributed by atoms with van der Waals surface area (Å²) >= 11 is 0. The van der Waals surface area contributed by atoms with Gasteiger partial charge < -0.3 is 10.6 Å². The molecule has 2 rings (SSSR count). The zero-order valence-corrected chi connectivity index (χ0v) is 11.2. The van der Waals surface area contributed by atoms with Crippen molar-refractivity contribution in [2.24, 2.45) is 0 Å². The largest absolute Gasteiger partial charge is 0.354 e. The van der Waals surface area contributed by atoms with Gasteiger partial charge in [0, 0.05) is 25.5 Å². The molecule has 0 saturated heterocycles. The molecular formula is C13H17N5O. The molecule has 0 spiro atoms. The highest BCUT2D eigenvalue weighted by Crippen LogP contribution is 2.12. The van der Waals surface area contributed by atoms with Gasteiger partial charge in [-0.1, -0.05) is 6.07 Å². The molecule has 0 fully saturated rings. The van der Waals surface area contributed by atoms with Crippen LogP contribution in [0.1, 0.15) is 29.0 Å². The predicted molar refractivity (Wildman–Crippen MR) is 72.2 cm³/mol. The van der Waals surface area contributed by atoms with E-state index in [1.165, 1.54) is 0 Å². The van der Waals surface area contributed by atoms with E-state index in [2.05, 4.69) is 27.6 Å². The molecule has 100 valence electrons. The third-order valence-electron chi connectivity index (χ3n) is 2.99. The van der Waals surface area contributed by atoms with Gasteiger partial charge in [0.25, 0.3) is 5.91 Å². The molecule has 0 bridgehead atoms. The molecule has 0 saturated carbocycles. The van der Waals surface area contributed by atoms with Crippen LogP contribution in [0, 0.1) is 0 Å². The maximum absolute atomic E-state index is 11.4. The molecule has 0 aliphatic rings. The van der Waals surface area contributed by atoms with Gasteiger partial charge >= 0.3 is 0 Å². The summed E-state index contributed by atoms with van der Waals surface area (Å²) in [6.07, 6.45) is 3.52. The average Bonchev–Trinajstić information content (AvgIpc) is 2.95. The molecule has 2 heterocycles. The molecule has 2 N–H and O–H groups in total. The van der Waals surface area contributed by atoms with Crippen molar-refractivity contribution in [3.8, 4) is 5.82 Å². The molecule has 1 atom stereocenters. The third kappa shape index (κ3) is 2.79. The summed E-state index contributed by atoms with van der Waals surface area (Å²) < 4.78 is 1.58. The number of pyridine rings is 1. The Balaban J connectivity index is 2.22. The lowest BCUT2D eigenvalue weighted by Crippen LogP contribution is -2.18. The Morgan fingerprint density at radius 2 is 2.11 bits per heavy atom. The van der Waals surface area contributed by atoms with E-state index in [1.54, 1.807) is 30.2 Å². The van der Waals surface area contributed by atoms with Crippen molar-refractivity contribution in [2.45, 2.75) is 13.0 Å². The lowest BCUT2D eigenvalue weighted by atomic mass is 10.1. The fourth-order valence-electron chi connectivity index (χ4n) is 1.66. The van der Waals surface area contributed by atoms with Crippen molar-refractivity contribution in [2.75, 3.05) is 14.1 Å². The third-order valence-corrected chi connectivity index (χ3v) is 2.99. The van der Waals surface area contributed by atoms with Crippen molar-refractivity contribution in [3.63, 3.8) is 0 Å². The van der Waals surface area contributed by atoms with Crippen molar-refractivity contribution in [1.29, 1.82) is 0 Å². The van der Waals surface area contributed by atoms with Gasteiger partial charge in [-0.25, -0.2) is 9.67 Å². The summed E-state index contributed by atoms with van der Waals surface area (Å²) in [6.45, 7) is 2.06. The maximum Gasteiger partial charge on any atom is 0.271 e. The fraction of sp³-hybridized carbons (Fsp3) is 0.308. The second-order valence-corrected chi connectivity index (χ2v) is 4.18. The standard InChI is InChI=1S/C13H17N5O/c1-9(14-2)10-4-5-12(16-8-10)18-7-6-11(17-18)13(19)15-3/h4-9,14H,1-3H3,(H,15,19). The van der Waals surface area contributed by atoms with Crippen LogP contribution in [0.3, 0.4) is 0 Å². The molecular weight excluding hydrogens is 242 g/mol. The Morgan fingerprint density at radius 3 is 2.68 bits per heavy atom. The summed E-state index contributed by atoms with van der Waals surface area (Å²) in [4.78, 5) is 15.8. The first-order valence-electron chi connectivity index (χ1n) is 6.07. The Hall–Kier alpha value is -2.21. The number of carbonyl (C=O) groups excluding carboxylic acids is 1. The number of carbonyl (C=O) groups is 1. The van der Waals surface area contributed by atoms with Crippen LogP contribution >= 0.6 is 0 Å². The van der Waals surface area contributed by atoms with Gasteiger partial charge in [0.05, 0.1) is 0 Å². The molecule has 0 radical (unpaired) electrons. The molecule has 6 nitrogen and oxygen atoms in total. The van der Waals surface area contributed by atoms with Gasteiger partial charge in [0.1, 0.15) is 0 Å². The van der Waals surface area contributed by atoms with Gasteiger partial charge in [-0.15, -0.1) is 0 Å². The minimum Gasteiger partial charge on any atom is -0.354 e. The smallest absolute Gasteiger partial charge is 0.271 e. The van der Waals surface area contributed by atoms with E-state index >= 15 is 0 Å². The summed E-state index contributed by atoms with van der Waals surface area (Å²) in [7, 11) is 3.48. The zero-order valence-electron chi connectivity index (χ0n) is 11.2. The zero-order chi connectivity index (χ0) is 13.8. The molecule has 2 aromatic heterocycles. The van der Waals surface area contributed by atoms with Crippen LogP contribution in [0.4, 0.5) is 0 Å². The van der Waals surface area contributed by atoms with E-state index in [4.69, 9.17) is 0 Å². The highest BCUT2D eigenvalue weighted by atomic mass is 16.1. The average molecular weight is 259 g/mol. The molecule has 0 aromatic carbocycles. The molecule has 1 amide bonds. The number of aromatic nitrogens is 3. The van der Waals surface area contributed by atoms with Crippen LogP contribution in [0.5, 0.6) is 0 Å². The Bertz CT molecular complexity index is 561. The van der Waals surface area contributed by atoms with Crippen LogP contribution in [-0.4, -0.2) is 34.8 Å². The Morgan fingerprint density at radius 1 is 1.32 bits per heavy atom. The summed E-state index contributed by atoms with van der Waals surface area (Å²) in [6, 6.07) is 5.78. The van der Waals surface area contributed by atoms with Gasteiger partial charge in [0.15, 0.2) is 11.5 Å². The fourth-order valence-corrected chi connectivity index (χ4v) is 1.66. The number of nitrogens with one attached hydrogen (secondary N) is 2. The monoisotopic (exact) mass is 259 g/mol. The number of rotatable bonds is 4. The van der Waals surface area contributed by atoms with E-state index in [-0.39, 0.29) is 11.9 Å². The minimum atomic E-state index is -0.209. The molecule has 0 aliphatic heterocycles. The molecule has 19 heavy (non-hydrogen) atoms. The lowest BCUT2D eigenvalue weighted by Gasteiger charge is -2.10.